The molecule has 2 rings (SSSR count). The van der Waals surface area contributed by atoms with Crippen molar-refractivity contribution in [3.05, 3.63) is 34.9 Å². The Morgan fingerprint density at radius 2 is 2.16 bits per heavy atom. The van der Waals surface area contributed by atoms with Gasteiger partial charge >= 0.3 is 0 Å². The Balaban J connectivity index is 2.00. The lowest BCUT2D eigenvalue weighted by molar-refractivity contribution is 0.146. The molecule has 2 heteroatoms. The van der Waals surface area contributed by atoms with E-state index in [9.17, 15) is 0 Å². The van der Waals surface area contributed by atoms with E-state index < -0.39 is 0 Å². The minimum atomic E-state index is 0.626. The predicted molar refractivity (Wildman–Crippen MR) is 82.4 cm³/mol. The van der Waals surface area contributed by atoms with Crippen molar-refractivity contribution in [2.75, 3.05) is 20.1 Å². The number of nitrogens with one attached hydrogen (secondary N) is 1. The minimum absolute atomic E-state index is 0.626. The second-order valence-electron chi connectivity index (χ2n) is 6.14. The minimum Gasteiger partial charge on any atom is -0.317 e. The van der Waals surface area contributed by atoms with E-state index in [0.717, 1.165) is 12.5 Å². The van der Waals surface area contributed by atoms with Gasteiger partial charge in [-0.3, -0.25) is 4.90 Å². The molecule has 0 amide bonds. The van der Waals surface area contributed by atoms with Crippen LogP contribution in [0.4, 0.5) is 0 Å². The van der Waals surface area contributed by atoms with E-state index in [1.807, 2.05) is 0 Å². The van der Waals surface area contributed by atoms with Crippen molar-refractivity contribution in [3.63, 3.8) is 0 Å². The molecule has 1 aliphatic rings. The first-order valence-electron chi connectivity index (χ1n) is 7.56. The van der Waals surface area contributed by atoms with Gasteiger partial charge in [0.25, 0.3) is 0 Å². The topological polar surface area (TPSA) is 15.3 Å². The van der Waals surface area contributed by atoms with Crippen LogP contribution in [0.25, 0.3) is 0 Å². The van der Waals surface area contributed by atoms with Crippen LogP contribution in [0.15, 0.2) is 18.2 Å². The number of nitrogens with zero attached hydrogens (tertiary/aromatic N) is 1. The summed E-state index contributed by atoms with van der Waals surface area (Å²) in [6, 6.07) is 7.44. The number of rotatable bonds is 4. The van der Waals surface area contributed by atoms with E-state index in [1.54, 1.807) is 0 Å². The third kappa shape index (κ3) is 3.80. The number of hydrogen-bond acceptors (Lipinski definition) is 2. The Labute approximate surface area is 118 Å². The van der Waals surface area contributed by atoms with E-state index in [4.69, 9.17) is 0 Å². The average Bonchev–Trinajstić information content (AvgIpc) is 2.42. The van der Waals surface area contributed by atoms with Crippen molar-refractivity contribution in [3.8, 4) is 0 Å². The number of piperidine rings is 1. The molecule has 1 aromatic carbocycles. The summed E-state index contributed by atoms with van der Waals surface area (Å²) in [4.78, 5) is 2.63. The molecule has 0 aromatic heterocycles. The quantitative estimate of drug-likeness (QED) is 0.895. The molecule has 2 nitrogen and oxygen atoms in total. The molecule has 0 saturated carbocycles. The molecule has 0 radical (unpaired) electrons. The standard InChI is InChI=1S/C17H28N2/c1-13-7-8-14(2)17(10-13)12-19-9-5-6-16(11-19)15(3)18-4/h7-8,10,15-16,18H,5-6,9,11-12H2,1-4H3. The van der Waals surface area contributed by atoms with Crippen LogP contribution in [0.3, 0.4) is 0 Å². The van der Waals surface area contributed by atoms with Crippen molar-refractivity contribution in [1.82, 2.24) is 10.2 Å². The molecule has 2 unspecified atom stereocenters. The van der Waals surface area contributed by atoms with E-state index >= 15 is 0 Å². The van der Waals surface area contributed by atoms with Crippen molar-refractivity contribution in [2.24, 2.45) is 5.92 Å². The van der Waals surface area contributed by atoms with Gasteiger partial charge in [0.15, 0.2) is 0 Å². The van der Waals surface area contributed by atoms with Gasteiger partial charge in [0.2, 0.25) is 0 Å². The smallest absolute Gasteiger partial charge is 0.0236 e. The molecule has 0 spiro atoms. The summed E-state index contributed by atoms with van der Waals surface area (Å²) in [6.07, 6.45) is 2.70. The first kappa shape index (κ1) is 14.5. The maximum Gasteiger partial charge on any atom is 0.0236 e. The van der Waals surface area contributed by atoms with E-state index in [0.29, 0.717) is 6.04 Å². The fourth-order valence-electron chi connectivity index (χ4n) is 3.09. The van der Waals surface area contributed by atoms with Crippen molar-refractivity contribution in [1.29, 1.82) is 0 Å². The van der Waals surface area contributed by atoms with Crippen LogP contribution in [0, 0.1) is 19.8 Å². The summed E-state index contributed by atoms with van der Waals surface area (Å²) in [5.41, 5.74) is 4.30. The van der Waals surface area contributed by atoms with Gasteiger partial charge in [0.05, 0.1) is 0 Å². The molecular formula is C17H28N2. The zero-order valence-electron chi connectivity index (χ0n) is 12.9. The predicted octanol–water partition coefficient (Wildman–Crippen LogP) is 3.12. The Bertz CT molecular complexity index is 414. The molecule has 1 heterocycles. The van der Waals surface area contributed by atoms with Gasteiger partial charge in [-0.05, 0) is 64.3 Å². The number of likely N-dealkylation sites (tertiary alicyclic amines) is 1. The Morgan fingerprint density at radius 3 is 2.89 bits per heavy atom. The Kier molecular flexibility index (Phi) is 5.00. The van der Waals surface area contributed by atoms with Gasteiger partial charge in [-0.1, -0.05) is 23.8 Å². The van der Waals surface area contributed by atoms with Gasteiger partial charge < -0.3 is 5.32 Å². The molecule has 1 saturated heterocycles. The second-order valence-corrected chi connectivity index (χ2v) is 6.14. The van der Waals surface area contributed by atoms with Crippen molar-refractivity contribution >= 4 is 0 Å². The maximum atomic E-state index is 3.41. The van der Waals surface area contributed by atoms with Gasteiger partial charge in [0.1, 0.15) is 0 Å². The molecule has 1 N–H and O–H groups in total. The molecule has 0 aliphatic carbocycles. The van der Waals surface area contributed by atoms with Crippen LogP contribution in [-0.4, -0.2) is 31.1 Å². The van der Waals surface area contributed by atoms with Crippen molar-refractivity contribution in [2.45, 2.75) is 46.2 Å². The lowest BCUT2D eigenvalue weighted by Gasteiger charge is -2.36. The van der Waals surface area contributed by atoms with Gasteiger partial charge in [-0.15, -0.1) is 0 Å². The van der Waals surface area contributed by atoms with Crippen LogP contribution in [0.2, 0.25) is 0 Å². The van der Waals surface area contributed by atoms with Crippen LogP contribution in [-0.2, 0) is 6.54 Å². The molecule has 0 bridgehead atoms. The number of hydrogen-bond donors (Lipinski definition) is 1. The largest absolute Gasteiger partial charge is 0.317 e. The normalized spacial score (nSPS) is 22.4. The number of aryl methyl sites for hydroxylation is 2. The van der Waals surface area contributed by atoms with E-state index in [-0.39, 0.29) is 0 Å². The van der Waals surface area contributed by atoms with Crippen LogP contribution in [0.1, 0.15) is 36.5 Å². The second kappa shape index (κ2) is 6.53. The third-order valence-electron chi connectivity index (χ3n) is 4.60. The van der Waals surface area contributed by atoms with Crippen LogP contribution < -0.4 is 5.32 Å². The van der Waals surface area contributed by atoms with Gasteiger partial charge in [-0.2, -0.15) is 0 Å². The van der Waals surface area contributed by atoms with E-state index in [1.165, 1.54) is 42.6 Å². The monoisotopic (exact) mass is 260 g/mol. The summed E-state index contributed by atoms with van der Waals surface area (Å²) in [5, 5.41) is 3.41. The molecule has 1 aromatic rings. The van der Waals surface area contributed by atoms with Gasteiger partial charge in [0, 0.05) is 19.1 Å². The molecule has 19 heavy (non-hydrogen) atoms. The first-order chi connectivity index (χ1) is 9.10. The van der Waals surface area contributed by atoms with Crippen molar-refractivity contribution < 1.29 is 0 Å². The average molecular weight is 260 g/mol. The van der Waals surface area contributed by atoms with Crippen LogP contribution >= 0.6 is 0 Å². The Morgan fingerprint density at radius 1 is 1.37 bits per heavy atom. The van der Waals surface area contributed by atoms with E-state index in [2.05, 4.69) is 56.2 Å². The highest BCUT2D eigenvalue weighted by atomic mass is 15.1. The maximum absolute atomic E-state index is 3.41. The fourth-order valence-corrected chi connectivity index (χ4v) is 3.09. The lowest BCUT2D eigenvalue weighted by Crippen LogP contribution is -2.43. The summed E-state index contributed by atoms with van der Waals surface area (Å²) in [6.45, 7) is 10.3. The molecule has 106 valence electrons. The highest BCUT2D eigenvalue weighted by Gasteiger charge is 2.23. The molecule has 1 fully saturated rings. The van der Waals surface area contributed by atoms with Gasteiger partial charge in [-0.25, -0.2) is 0 Å². The number of benzene rings is 1. The molecule has 2 atom stereocenters. The zero-order chi connectivity index (χ0) is 13.8. The zero-order valence-corrected chi connectivity index (χ0v) is 12.9. The summed E-state index contributed by atoms with van der Waals surface area (Å²) >= 11 is 0. The fraction of sp³-hybridized carbons (Fsp3) is 0.647. The third-order valence-corrected chi connectivity index (χ3v) is 4.60. The first-order valence-corrected chi connectivity index (χ1v) is 7.56. The highest BCUT2D eigenvalue weighted by molar-refractivity contribution is 5.30. The summed E-state index contributed by atoms with van der Waals surface area (Å²) < 4.78 is 0. The SMILES string of the molecule is CNC(C)C1CCCN(Cc2cc(C)ccc2C)C1. The highest BCUT2D eigenvalue weighted by Crippen LogP contribution is 2.22. The molecule has 1 aliphatic heterocycles. The van der Waals surface area contributed by atoms with Crippen LogP contribution in [0.5, 0.6) is 0 Å². The summed E-state index contributed by atoms with van der Waals surface area (Å²) in [7, 11) is 2.08. The molecular weight excluding hydrogens is 232 g/mol. The summed E-state index contributed by atoms with van der Waals surface area (Å²) in [5.74, 6) is 0.795. The Hall–Kier alpha value is -0.860. The lowest BCUT2D eigenvalue weighted by atomic mass is 9.91.